The van der Waals surface area contributed by atoms with Gasteiger partial charge in [0.1, 0.15) is 16.7 Å². The molecule has 1 unspecified atom stereocenters. The van der Waals surface area contributed by atoms with Gasteiger partial charge in [-0.25, -0.2) is 0 Å². The zero-order valence-electron chi connectivity index (χ0n) is 16.3. The van der Waals surface area contributed by atoms with Gasteiger partial charge < -0.3 is 14.8 Å². The highest BCUT2D eigenvalue weighted by molar-refractivity contribution is 8.16. The first-order valence-corrected chi connectivity index (χ1v) is 10.2. The molecule has 8 heteroatoms. The Kier molecular flexibility index (Phi) is 6.77. The van der Waals surface area contributed by atoms with Gasteiger partial charge in [0, 0.05) is 12.1 Å². The molecule has 0 bridgehead atoms. The van der Waals surface area contributed by atoms with Crippen LogP contribution >= 0.6 is 11.8 Å². The van der Waals surface area contributed by atoms with Crippen molar-refractivity contribution in [1.82, 2.24) is 0 Å². The van der Waals surface area contributed by atoms with Crippen molar-refractivity contribution in [1.29, 1.82) is 5.41 Å². The standard InChI is InChI=1S/C21H23N3O4S/c1-3-27-16-9-5-14(6-10-16)23-19(25)13-18-20(26)24(21(22)29-18)15-7-11-17(12-8-15)28-4-2/h5-12,18,22H,3-4,13H2,1-2H3,(H,23,25). The van der Waals surface area contributed by atoms with Gasteiger partial charge in [-0.05, 0) is 62.4 Å². The average Bonchev–Trinajstić information content (AvgIpc) is 2.97. The molecule has 1 fully saturated rings. The number of hydrogen-bond acceptors (Lipinski definition) is 6. The molecule has 0 saturated carbocycles. The summed E-state index contributed by atoms with van der Waals surface area (Å²) in [6, 6.07) is 14.0. The molecule has 1 heterocycles. The highest BCUT2D eigenvalue weighted by Crippen LogP contribution is 2.33. The molecule has 0 spiro atoms. The summed E-state index contributed by atoms with van der Waals surface area (Å²) < 4.78 is 10.8. The van der Waals surface area contributed by atoms with Crippen LogP contribution in [0, 0.1) is 5.41 Å². The number of nitrogens with one attached hydrogen (secondary N) is 2. The molecule has 0 aromatic heterocycles. The molecule has 0 radical (unpaired) electrons. The van der Waals surface area contributed by atoms with E-state index in [0.29, 0.717) is 30.3 Å². The summed E-state index contributed by atoms with van der Waals surface area (Å²) in [7, 11) is 0. The molecule has 0 aliphatic carbocycles. The van der Waals surface area contributed by atoms with E-state index in [1.54, 1.807) is 48.5 Å². The number of ether oxygens (including phenoxy) is 2. The molecular weight excluding hydrogens is 390 g/mol. The fraction of sp³-hybridized carbons (Fsp3) is 0.286. The van der Waals surface area contributed by atoms with E-state index in [0.717, 1.165) is 17.5 Å². The quantitative estimate of drug-likeness (QED) is 0.685. The van der Waals surface area contributed by atoms with Crippen molar-refractivity contribution in [2.75, 3.05) is 23.4 Å². The summed E-state index contributed by atoms with van der Waals surface area (Å²) in [6.07, 6.45) is -0.00732. The minimum atomic E-state index is -0.628. The maximum absolute atomic E-state index is 12.8. The summed E-state index contributed by atoms with van der Waals surface area (Å²) in [5.41, 5.74) is 1.22. The van der Waals surface area contributed by atoms with Crippen LogP contribution in [0.1, 0.15) is 20.3 Å². The van der Waals surface area contributed by atoms with Crippen molar-refractivity contribution in [2.24, 2.45) is 0 Å². The lowest BCUT2D eigenvalue weighted by atomic mass is 10.2. The fourth-order valence-electron chi connectivity index (χ4n) is 2.90. The van der Waals surface area contributed by atoms with Gasteiger partial charge in [0.25, 0.3) is 0 Å². The molecule has 2 amide bonds. The van der Waals surface area contributed by atoms with Gasteiger partial charge in [0.05, 0.1) is 18.9 Å². The van der Waals surface area contributed by atoms with Crippen LogP contribution in [0.15, 0.2) is 48.5 Å². The van der Waals surface area contributed by atoms with Crippen LogP contribution in [-0.2, 0) is 9.59 Å². The van der Waals surface area contributed by atoms with E-state index in [-0.39, 0.29) is 23.4 Å². The lowest BCUT2D eigenvalue weighted by Crippen LogP contribution is -2.33. The van der Waals surface area contributed by atoms with Crippen molar-refractivity contribution in [3.63, 3.8) is 0 Å². The Bertz CT molecular complexity index is 884. The molecule has 2 aromatic carbocycles. The number of amides is 2. The van der Waals surface area contributed by atoms with Crippen LogP contribution in [0.4, 0.5) is 11.4 Å². The van der Waals surface area contributed by atoms with Gasteiger partial charge >= 0.3 is 0 Å². The summed E-state index contributed by atoms with van der Waals surface area (Å²) in [5.74, 6) is 0.882. The van der Waals surface area contributed by atoms with E-state index in [1.165, 1.54) is 4.90 Å². The molecule has 3 rings (SSSR count). The first-order valence-electron chi connectivity index (χ1n) is 9.36. The molecule has 1 aliphatic heterocycles. The van der Waals surface area contributed by atoms with Crippen LogP contribution in [0.3, 0.4) is 0 Å². The lowest BCUT2D eigenvalue weighted by Gasteiger charge is -2.16. The van der Waals surface area contributed by atoms with Crippen molar-refractivity contribution in [3.8, 4) is 11.5 Å². The molecule has 2 aromatic rings. The number of benzene rings is 2. The van der Waals surface area contributed by atoms with Crippen LogP contribution in [0.5, 0.6) is 11.5 Å². The number of nitrogens with zero attached hydrogens (tertiary/aromatic N) is 1. The number of thioether (sulfide) groups is 1. The first-order chi connectivity index (χ1) is 14.0. The molecule has 1 saturated heterocycles. The summed E-state index contributed by atoms with van der Waals surface area (Å²) >= 11 is 1.09. The molecular formula is C21H23N3O4S. The van der Waals surface area contributed by atoms with E-state index >= 15 is 0 Å². The highest BCUT2D eigenvalue weighted by Gasteiger charge is 2.39. The van der Waals surface area contributed by atoms with Crippen molar-refractivity contribution in [2.45, 2.75) is 25.5 Å². The van der Waals surface area contributed by atoms with Crippen LogP contribution in [-0.4, -0.2) is 35.4 Å². The molecule has 29 heavy (non-hydrogen) atoms. The molecule has 2 N–H and O–H groups in total. The Hall–Kier alpha value is -3.00. The second-order valence-electron chi connectivity index (χ2n) is 6.22. The van der Waals surface area contributed by atoms with E-state index in [2.05, 4.69) is 5.32 Å². The SMILES string of the molecule is CCOc1ccc(NC(=O)CC2SC(=N)N(c3ccc(OCC)cc3)C2=O)cc1. The normalized spacial score (nSPS) is 16.1. The van der Waals surface area contributed by atoms with Gasteiger partial charge in [0.2, 0.25) is 11.8 Å². The maximum Gasteiger partial charge on any atom is 0.247 e. The smallest absolute Gasteiger partial charge is 0.247 e. The molecule has 1 atom stereocenters. The topological polar surface area (TPSA) is 91.7 Å². The van der Waals surface area contributed by atoms with Gasteiger partial charge in [-0.3, -0.25) is 19.9 Å². The predicted molar refractivity (Wildman–Crippen MR) is 115 cm³/mol. The maximum atomic E-state index is 12.8. The third-order valence-electron chi connectivity index (χ3n) is 4.18. The summed E-state index contributed by atoms with van der Waals surface area (Å²) in [6.45, 7) is 4.93. The Morgan fingerprint density at radius 3 is 2.14 bits per heavy atom. The molecule has 152 valence electrons. The zero-order chi connectivity index (χ0) is 20.8. The largest absolute Gasteiger partial charge is 0.494 e. The molecule has 7 nitrogen and oxygen atoms in total. The van der Waals surface area contributed by atoms with Gasteiger partial charge in [-0.15, -0.1) is 0 Å². The Labute approximate surface area is 173 Å². The fourth-order valence-corrected chi connectivity index (χ4v) is 3.91. The Morgan fingerprint density at radius 1 is 1.03 bits per heavy atom. The first kappa shape index (κ1) is 20.7. The second-order valence-corrected chi connectivity index (χ2v) is 7.41. The summed E-state index contributed by atoms with van der Waals surface area (Å²) in [5, 5.41) is 10.4. The van der Waals surface area contributed by atoms with Crippen molar-refractivity contribution >= 4 is 40.1 Å². The second kappa shape index (κ2) is 9.47. The van der Waals surface area contributed by atoms with Crippen LogP contribution in [0.25, 0.3) is 0 Å². The van der Waals surface area contributed by atoms with Gasteiger partial charge in [-0.2, -0.15) is 0 Å². The Morgan fingerprint density at radius 2 is 1.59 bits per heavy atom. The number of amidine groups is 1. The average molecular weight is 413 g/mol. The predicted octanol–water partition coefficient (Wildman–Crippen LogP) is 3.90. The van der Waals surface area contributed by atoms with Crippen molar-refractivity contribution in [3.05, 3.63) is 48.5 Å². The van der Waals surface area contributed by atoms with Gasteiger partial charge in [0.15, 0.2) is 5.17 Å². The van der Waals surface area contributed by atoms with E-state index in [1.807, 2.05) is 13.8 Å². The van der Waals surface area contributed by atoms with E-state index in [4.69, 9.17) is 14.9 Å². The lowest BCUT2D eigenvalue weighted by molar-refractivity contribution is -0.121. The van der Waals surface area contributed by atoms with E-state index in [9.17, 15) is 9.59 Å². The third kappa shape index (κ3) is 5.08. The highest BCUT2D eigenvalue weighted by atomic mass is 32.2. The van der Waals surface area contributed by atoms with E-state index < -0.39 is 5.25 Å². The van der Waals surface area contributed by atoms with Crippen molar-refractivity contribution < 1.29 is 19.1 Å². The Balaban J connectivity index is 1.60. The number of carbonyl (C=O) groups is 2. The number of anilines is 2. The third-order valence-corrected chi connectivity index (χ3v) is 5.24. The number of carbonyl (C=O) groups excluding carboxylic acids is 2. The minimum Gasteiger partial charge on any atom is -0.494 e. The van der Waals surface area contributed by atoms with Gasteiger partial charge in [-0.1, -0.05) is 11.8 Å². The van der Waals surface area contributed by atoms with Crippen LogP contribution in [0.2, 0.25) is 0 Å². The monoisotopic (exact) mass is 413 g/mol. The minimum absolute atomic E-state index is 0.00732. The van der Waals surface area contributed by atoms with Crippen LogP contribution < -0.4 is 19.7 Å². The zero-order valence-corrected chi connectivity index (χ0v) is 17.1. The summed E-state index contributed by atoms with van der Waals surface area (Å²) in [4.78, 5) is 26.5. The number of rotatable bonds is 8. The molecule has 1 aliphatic rings. The number of hydrogen-bond donors (Lipinski definition) is 2.